The van der Waals surface area contributed by atoms with E-state index >= 15 is 0 Å². The van der Waals surface area contributed by atoms with E-state index in [1.54, 1.807) is 0 Å². The Kier molecular flexibility index (Phi) is 3.52. The molecular formula is C17H19N3O2. The number of rotatable bonds is 1. The van der Waals surface area contributed by atoms with Crippen molar-refractivity contribution < 1.29 is 9.53 Å². The van der Waals surface area contributed by atoms with Crippen LogP contribution in [0.25, 0.3) is 10.9 Å². The number of carbonyl (C=O) groups excluding carboxylic acids is 1. The molecule has 1 fully saturated rings. The van der Waals surface area contributed by atoms with Crippen molar-refractivity contribution in [3.05, 3.63) is 41.1 Å². The third kappa shape index (κ3) is 2.26. The molecule has 1 amide bonds. The summed E-state index contributed by atoms with van der Waals surface area (Å²) < 4.78 is 5.37. The fourth-order valence-electron chi connectivity index (χ4n) is 3.29. The third-order valence-corrected chi connectivity index (χ3v) is 4.43. The molecule has 0 aliphatic carbocycles. The van der Waals surface area contributed by atoms with Crippen LogP contribution < -0.4 is 5.32 Å². The van der Waals surface area contributed by atoms with Gasteiger partial charge in [-0.25, -0.2) is 0 Å². The van der Waals surface area contributed by atoms with E-state index in [0.717, 1.165) is 47.2 Å². The molecule has 0 radical (unpaired) electrons. The predicted molar refractivity (Wildman–Crippen MR) is 83.9 cm³/mol. The number of fused-ring (bicyclic) bond motifs is 2. The fourth-order valence-corrected chi connectivity index (χ4v) is 3.29. The lowest BCUT2D eigenvalue weighted by molar-refractivity contribution is 0.0303. The van der Waals surface area contributed by atoms with Gasteiger partial charge in [-0.3, -0.25) is 9.78 Å². The number of nitrogens with zero attached hydrogens (tertiary/aromatic N) is 2. The lowest BCUT2D eigenvalue weighted by atomic mass is 9.95. The summed E-state index contributed by atoms with van der Waals surface area (Å²) in [7, 11) is 0. The molecule has 3 heterocycles. The minimum absolute atomic E-state index is 0.113. The van der Waals surface area contributed by atoms with Crippen LogP contribution in [0.15, 0.2) is 24.3 Å². The molecule has 114 valence electrons. The number of benzene rings is 1. The van der Waals surface area contributed by atoms with Gasteiger partial charge in [-0.1, -0.05) is 18.2 Å². The number of pyridine rings is 1. The van der Waals surface area contributed by atoms with Gasteiger partial charge in [0.2, 0.25) is 0 Å². The normalized spacial score (nSPS) is 18.3. The molecule has 1 N–H and O–H groups in total. The van der Waals surface area contributed by atoms with Crippen LogP contribution in [0.2, 0.25) is 0 Å². The average molecular weight is 297 g/mol. The molecule has 0 unspecified atom stereocenters. The topological polar surface area (TPSA) is 54.5 Å². The van der Waals surface area contributed by atoms with E-state index < -0.39 is 0 Å². The van der Waals surface area contributed by atoms with Gasteiger partial charge in [-0.05, 0) is 6.07 Å². The molecule has 5 heteroatoms. The van der Waals surface area contributed by atoms with Gasteiger partial charge < -0.3 is 15.0 Å². The average Bonchev–Trinajstić information content (AvgIpc) is 2.60. The summed E-state index contributed by atoms with van der Waals surface area (Å²) in [6.07, 6.45) is 0.879. The fraction of sp³-hybridized carbons (Fsp3) is 0.412. The maximum absolute atomic E-state index is 13.1. The van der Waals surface area contributed by atoms with Gasteiger partial charge in [0, 0.05) is 49.2 Å². The molecule has 2 aliphatic rings. The molecule has 1 aromatic heterocycles. The van der Waals surface area contributed by atoms with Gasteiger partial charge in [-0.15, -0.1) is 0 Å². The number of aromatic nitrogens is 1. The molecule has 1 saturated heterocycles. The highest BCUT2D eigenvalue weighted by Crippen LogP contribution is 2.27. The first-order valence-corrected chi connectivity index (χ1v) is 7.83. The maximum atomic E-state index is 13.1. The Balaban J connectivity index is 1.88. The second kappa shape index (κ2) is 5.66. The predicted octanol–water partition coefficient (Wildman–Crippen LogP) is 1.35. The van der Waals surface area contributed by atoms with Crippen LogP contribution >= 0.6 is 0 Å². The highest BCUT2D eigenvalue weighted by Gasteiger charge is 2.26. The molecule has 1 aromatic carbocycles. The van der Waals surface area contributed by atoms with Gasteiger partial charge in [0.25, 0.3) is 5.91 Å². The Hall–Kier alpha value is -1.98. The first-order valence-electron chi connectivity index (χ1n) is 7.83. The van der Waals surface area contributed by atoms with Crippen molar-refractivity contribution in [2.24, 2.45) is 0 Å². The van der Waals surface area contributed by atoms with Crippen LogP contribution in [0.1, 0.15) is 21.6 Å². The number of ether oxygens (including phenoxy) is 1. The zero-order chi connectivity index (χ0) is 14.9. The van der Waals surface area contributed by atoms with E-state index in [4.69, 9.17) is 9.72 Å². The number of hydrogen-bond acceptors (Lipinski definition) is 4. The van der Waals surface area contributed by atoms with E-state index in [2.05, 4.69) is 5.32 Å². The Labute approximate surface area is 129 Å². The Morgan fingerprint density at radius 3 is 2.91 bits per heavy atom. The summed E-state index contributed by atoms with van der Waals surface area (Å²) in [5.74, 6) is 0.113. The molecule has 0 atom stereocenters. The van der Waals surface area contributed by atoms with E-state index in [1.165, 1.54) is 0 Å². The van der Waals surface area contributed by atoms with Crippen molar-refractivity contribution in [3.8, 4) is 0 Å². The van der Waals surface area contributed by atoms with Crippen LogP contribution in [0.3, 0.4) is 0 Å². The van der Waals surface area contributed by atoms with Gasteiger partial charge in [0.1, 0.15) is 0 Å². The quantitative estimate of drug-likeness (QED) is 0.863. The second-order valence-corrected chi connectivity index (χ2v) is 5.76. The largest absolute Gasteiger partial charge is 0.378 e. The molecule has 0 spiro atoms. The van der Waals surface area contributed by atoms with Crippen molar-refractivity contribution in [1.29, 1.82) is 0 Å². The standard InChI is InChI=1S/C17H19N3O2/c21-17(20-7-9-22-10-8-20)16-12-3-1-2-4-14(12)19-15-5-6-18-11-13(15)16/h1-4,18H,5-11H2. The van der Waals surface area contributed by atoms with Gasteiger partial charge in [0.15, 0.2) is 0 Å². The highest BCUT2D eigenvalue weighted by atomic mass is 16.5. The summed E-state index contributed by atoms with van der Waals surface area (Å²) >= 11 is 0. The number of morpholine rings is 1. The van der Waals surface area contributed by atoms with E-state index in [1.807, 2.05) is 29.2 Å². The van der Waals surface area contributed by atoms with Gasteiger partial charge >= 0.3 is 0 Å². The maximum Gasteiger partial charge on any atom is 0.255 e. The third-order valence-electron chi connectivity index (χ3n) is 4.43. The number of carbonyl (C=O) groups is 1. The molecule has 0 saturated carbocycles. The highest BCUT2D eigenvalue weighted by molar-refractivity contribution is 6.07. The Morgan fingerprint density at radius 1 is 1.23 bits per heavy atom. The Morgan fingerprint density at radius 2 is 2.05 bits per heavy atom. The van der Waals surface area contributed by atoms with E-state index in [-0.39, 0.29) is 5.91 Å². The number of hydrogen-bond donors (Lipinski definition) is 1. The monoisotopic (exact) mass is 297 g/mol. The van der Waals surface area contributed by atoms with Gasteiger partial charge in [-0.2, -0.15) is 0 Å². The molecule has 22 heavy (non-hydrogen) atoms. The lowest BCUT2D eigenvalue weighted by Crippen LogP contribution is -2.41. The molecular weight excluding hydrogens is 278 g/mol. The minimum atomic E-state index is 0.113. The summed E-state index contributed by atoms with van der Waals surface area (Å²) in [4.78, 5) is 19.8. The van der Waals surface area contributed by atoms with E-state index in [9.17, 15) is 4.79 Å². The van der Waals surface area contributed by atoms with Gasteiger partial charge in [0.05, 0.1) is 24.3 Å². The Bertz CT molecular complexity index is 723. The van der Waals surface area contributed by atoms with Crippen molar-refractivity contribution in [2.45, 2.75) is 13.0 Å². The molecule has 0 bridgehead atoms. The molecule has 2 aromatic rings. The molecule has 4 rings (SSSR count). The van der Waals surface area contributed by atoms with Crippen molar-refractivity contribution in [2.75, 3.05) is 32.8 Å². The second-order valence-electron chi connectivity index (χ2n) is 5.76. The van der Waals surface area contributed by atoms with Crippen LogP contribution in [-0.4, -0.2) is 48.6 Å². The van der Waals surface area contributed by atoms with Crippen LogP contribution in [-0.2, 0) is 17.7 Å². The van der Waals surface area contributed by atoms with Crippen LogP contribution in [0.4, 0.5) is 0 Å². The summed E-state index contributed by atoms with van der Waals surface area (Å²) in [6, 6.07) is 7.95. The summed E-state index contributed by atoms with van der Waals surface area (Å²) in [5.41, 5.74) is 3.88. The molecule has 5 nitrogen and oxygen atoms in total. The lowest BCUT2D eigenvalue weighted by Gasteiger charge is -2.29. The molecule has 2 aliphatic heterocycles. The number of nitrogens with one attached hydrogen (secondary N) is 1. The number of para-hydroxylation sites is 1. The number of amides is 1. The van der Waals surface area contributed by atoms with Crippen LogP contribution in [0, 0.1) is 0 Å². The summed E-state index contributed by atoms with van der Waals surface area (Å²) in [5, 5.41) is 4.33. The first kappa shape index (κ1) is 13.7. The zero-order valence-electron chi connectivity index (χ0n) is 12.5. The van der Waals surface area contributed by atoms with E-state index in [0.29, 0.717) is 26.3 Å². The SMILES string of the molecule is O=C(c1c2c(nc3ccccc13)CCNC2)N1CCOCC1. The van der Waals surface area contributed by atoms with Crippen LogP contribution in [0.5, 0.6) is 0 Å². The van der Waals surface area contributed by atoms with Crippen molar-refractivity contribution >= 4 is 16.8 Å². The smallest absolute Gasteiger partial charge is 0.255 e. The first-order chi connectivity index (χ1) is 10.8. The summed E-state index contributed by atoms with van der Waals surface area (Å²) in [6.45, 7) is 4.21. The zero-order valence-corrected chi connectivity index (χ0v) is 12.5. The van der Waals surface area contributed by atoms with Crippen molar-refractivity contribution in [3.63, 3.8) is 0 Å². The van der Waals surface area contributed by atoms with Crippen molar-refractivity contribution in [1.82, 2.24) is 15.2 Å². The minimum Gasteiger partial charge on any atom is -0.378 e.